The summed E-state index contributed by atoms with van der Waals surface area (Å²) < 4.78 is 1.85. The smallest absolute Gasteiger partial charge is 0.125 e. The summed E-state index contributed by atoms with van der Waals surface area (Å²) in [5.74, 6) is 0.206. The summed E-state index contributed by atoms with van der Waals surface area (Å²) in [5, 5.41) is 15.6. The van der Waals surface area contributed by atoms with Gasteiger partial charge in [0.05, 0.1) is 17.1 Å². The molecule has 0 radical (unpaired) electrons. The third-order valence-corrected chi connectivity index (χ3v) is 4.25. The molecular weight excluding hydrogens is 332 g/mol. The van der Waals surface area contributed by atoms with Gasteiger partial charge in [-0.3, -0.25) is 0 Å². The molecule has 0 unspecified atom stereocenters. The second kappa shape index (κ2) is 6.46. The Morgan fingerprint density at radius 3 is 2.32 bits per heavy atom. The largest absolute Gasteiger partial charge is 0.507 e. The van der Waals surface area contributed by atoms with Crippen LogP contribution in [-0.4, -0.2) is 14.9 Å². The van der Waals surface area contributed by atoms with E-state index in [2.05, 4.69) is 0 Å². The van der Waals surface area contributed by atoms with Crippen molar-refractivity contribution in [2.75, 3.05) is 0 Å². The number of hydrogen-bond acceptors (Lipinski definition) is 2. The molecule has 0 atom stereocenters. The van der Waals surface area contributed by atoms with Gasteiger partial charge in [-0.05, 0) is 36.4 Å². The molecule has 0 saturated carbocycles. The first-order valence-corrected chi connectivity index (χ1v) is 8.30. The van der Waals surface area contributed by atoms with E-state index in [9.17, 15) is 5.11 Å². The van der Waals surface area contributed by atoms with Gasteiger partial charge in [-0.25, -0.2) is 4.68 Å². The van der Waals surface area contributed by atoms with E-state index in [4.69, 9.17) is 16.7 Å². The van der Waals surface area contributed by atoms with Gasteiger partial charge in [0, 0.05) is 16.1 Å². The number of hydrogen-bond donors (Lipinski definition) is 1. The van der Waals surface area contributed by atoms with Crippen LogP contribution in [0, 0.1) is 0 Å². The third-order valence-electron chi connectivity index (χ3n) is 4.01. The maximum Gasteiger partial charge on any atom is 0.125 e. The van der Waals surface area contributed by atoms with Crippen LogP contribution in [0.25, 0.3) is 28.2 Å². The highest BCUT2D eigenvalue weighted by Crippen LogP contribution is 2.33. The zero-order valence-corrected chi connectivity index (χ0v) is 14.1. The fourth-order valence-electron chi connectivity index (χ4n) is 2.82. The minimum atomic E-state index is 0.206. The molecule has 0 aliphatic heterocycles. The summed E-state index contributed by atoms with van der Waals surface area (Å²) in [7, 11) is 0. The van der Waals surface area contributed by atoms with Gasteiger partial charge in [-0.1, -0.05) is 60.1 Å². The molecule has 1 N–H and O–H groups in total. The molecule has 0 bridgehead atoms. The summed E-state index contributed by atoms with van der Waals surface area (Å²) in [6, 6.07) is 26.8. The van der Waals surface area contributed by atoms with Gasteiger partial charge in [0.25, 0.3) is 0 Å². The number of nitrogens with zero attached hydrogens (tertiary/aromatic N) is 2. The lowest BCUT2D eigenvalue weighted by Gasteiger charge is -2.08. The number of aromatic hydroxyl groups is 1. The number of aromatic nitrogens is 2. The van der Waals surface area contributed by atoms with Crippen LogP contribution in [0.5, 0.6) is 5.75 Å². The van der Waals surface area contributed by atoms with E-state index < -0.39 is 0 Å². The first kappa shape index (κ1) is 15.5. The van der Waals surface area contributed by atoms with E-state index in [0.29, 0.717) is 16.3 Å². The highest BCUT2D eigenvalue weighted by molar-refractivity contribution is 6.30. The Bertz CT molecular complexity index is 1030. The zero-order valence-electron chi connectivity index (χ0n) is 13.3. The molecule has 0 spiro atoms. The zero-order chi connectivity index (χ0) is 17.2. The minimum Gasteiger partial charge on any atom is -0.507 e. The second-order valence-corrected chi connectivity index (χ2v) is 6.13. The summed E-state index contributed by atoms with van der Waals surface area (Å²) in [6.07, 6.45) is 0. The maximum atomic E-state index is 10.2. The van der Waals surface area contributed by atoms with E-state index in [1.807, 2.05) is 77.5 Å². The van der Waals surface area contributed by atoms with Crippen LogP contribution in [-0.2, 0) is 0 Å². The monoisotopic (exact) mass is 346 g/mol. The highest BCUT2D eigenvalue weighted by Gasteiger charge is 2.15. The summed E-state index contributed by atoms with van der Waals surface area (Å²) >= 11 is 6.16. The van der Waals surface area contributed by atoms with Gasteiger partial charge < -0.3 is 5.11 Å². The van der Waals surface area contributed by atoms with Crippen LogP contribution < -0.4 is 0 Å². The van der Waals surface area contributed by atoms with Crippen molar-refractivity contribution in [2.45, 2.75) is 0 Å². The van der Waals surface area contributed by atoms with E-state index >= 15 is 0 Å². The molecule has 0 aliphatic carbocycles. The molecule has 3 aromatic carbocycles. The Morgan fingerprint density at radius 1 is 0.800 bits per heavy atom. The molecule has 0 aliphatic rings. The topological polar surface area (TPSA) is 38.0 Å². The van der Waals surface area contributed by atoms with Crippen molar-refractivity contribution in [3.05, 3.63) is 90.0 Å². The van der Waals surface area contributed by atoms with Crippen LogP contribution in [0.1, 0.15) is 0 Å². The molecule has 25 heavy (non-hydrogen) atoms. The van der Waals surface area contributed by atoms with Gasteiger partial charge in [-0.2, -0.15) is 5.10 Å². The van der Waals surface area contributed by atoms with Gasteiger partial charge >= 0.3 is 0 Å². The summed E-state index contributed by atoms with van der Waals surface area (Å²) in [5.41, 5.74) is 4.24. The average Bonchev–Trinajstić information content (AvgIpc) is 3.08. The average molecular weight is 347 g/mol. The molecule has 0 amide bonds. The highest BCUT2D eigenvalue weighted by atomic mass is 35.5. The van der Waals surface area contributed by atoms with Gasteiger partial charge in [0.1, 0.15) is 5.75 Å². The predicted octanol–water partition coefficient (Wildman–Crippen LogP) is 5.57. The van der Waals surface area contributed by atoms with Crippen LogP contribution in [0.4, 0.5) is 0 Å². The normalized spacial score (nSPS) is 10.8. The Labute approximate surface area is 150 Å². The number of benzene rings is 3. The molecule has 1 heterocycles. The maximum absolute atomic E-state index is 10.2. The molecular formula is C21H15ClN2O. The van der Waals surface area contributed by atoms with Crippen LogP contribution in [0.2, 0.25) is 5.02 Å². The molecule has 0 fully saturated rings. The summed E-state index contributed by atoms with van der Waals surface area (Å²) in [6.45, 7) is 0. The first-order valence-electron chi connectivity index (χ1n) is 7.92. The SMILES string of the molecule is Oc1ccccc1-c1cc(-c2ccccc2)n(-c2cccc(Cl)c2)n1. The van der Waals surface area contributed by atoms with E-state index in [1.165, 1.54) is 0 Å². The fourth-order valence-corrected chi connectivity index (χ4v) is 3.01. The Hall–Kier alpha value is -3.04. The molecule has 4 rings (SSSR count). The molecule has 4 aromatic rings. The van der Waals surface area contributed by atoms with Gasteiger partial charge in [0.2, 0.25) is 0 Å². The lowest BCUT2D eigenvalue weighted by atomic mass is 10.1. The second-order valence-electron chi connectivity index (χ2n) is 5.69. The van der Waals surface area contributed by atoms with Gasteiger partial charge in [-0.15, -0.1) is 0 Å². The lowest BCUT2D eigenvalue weighted by Crippen LogP contribution is -1.99. The van der Waals surface area contributed by atoms with E-state index in [-0.39, 0.29) is 5.75 Å². The van der Waals surface area contributed by atoms with Crippen LogP contribution in [0.15, 0.2) is 84.9 Å². The third kappa shape index (κ3) is 3.02. The predicted molar refractivity (Wildman–Crippen MR) is 101 cm³/mol. The molecule has 1 aromatic heterocycles. The summed E-state index contributed by atoms with van der Waals surface area (Å²) in [4.78, 5) is 0. The van der Waals surface area contributed by atoms with E-state index in [1.54, 1.807) is 12.1 Å². The van der Waals surface area contributed by atoms with E-state index in [0.717, 1.165) is 16.9 Å². The Kier molecular flexibility index (Phi) is 4.00. The number of phenolic OH excluding ortho intramolecular Hbond substituents is 1. The fraction of sp³-hybridized carbons (Fsp3) is 0. The van der Waals surface area contributed by atoms with Crippen molar-refractivity contribution in [3.8, 4) is 34.0 Å². The molecule has 0 saturated heterocycles. The molecule has 4 heteroatoms. The Morgan fingerprint density at radius 2 is 1.56 bits per heavy atom. The number of rotatable bonds is 3. The van der Waals surface area contributed by atoms with Crippen molar-refractivity contribution in [1.29, 1.82) is 0 Å². The standard InChI is InChI=1S/C21H15ClN2O/c22-16-9-6-10-17(13-16)24-20(15-7-2-1-3-8-15)14-19(23-24)18-11-4-5-12-21(18)25/h1-14,25H. The lowest BCUT2D eigenvalue weighted by molar-refractivity contribution is 0.477. The molecule has 122 valence electrons. The Balaban J connectivity index is 1.94. The van der Waals surface area contributed by atoms with Crippen molar-refractivity contribution >= 4 is 11.6 Å². The number of phenols is 1. The van der Waals surface area contributed by atoms with Gasteiger partial charge in [0.15, 0.2) is 0 Å². The number of para-hydroxylation sites is 1. The first-order chi connectivity index (χ1) is 12.2. The van der Waals surface area contributed by atoms with Crippen molar-refractivity contribution in [2.24, 2.45) is 0 Å². The number of halogens is 1. The van der Waals surface area contributed by atoms with Crippen LogP contribution in [0.3, 0.4) is 0 Å². The van der Waals surface area contributed by atoms with Crippen LogP contribution >= 0.6 is 11.6 Å². The van der Waals surface area contributed by atoms with Crippen molar-refractivity contribution in [3.63, 3.8) is 0 Å². The minimum absolute atomic E-state index is 0.206. The van der Waals surface area contributed by atoms with Crippen molar-refractivity contribution < 1.29 is 5.11 Å². The quantitative estimate of drug-likeness (QED) is 0.527. The molecule has 3 nitrogen and oxygen atoms in total. The van der Waals surface area contributed by atoms with Crippen molar-refractivity contribution in [1.82, 2.24) is 9.78 Å².